The van der Waals surface area contributed by atoms with Crippen molar-refractivity contribution in [1.82, 2.24) is 9.80 Å². The van der Waals surface area contributed by atoms with Crippen LogP contribution in [0.3, 0.4) is 0 Å². The molecule has 0 saturated carbocycles. The summed E-state index contributed by atoms with van der Waals surface area (Å²) in [5.41, 5.74) is 0.352. The number of benzene rings is 1. The standard InChI is InChI=1S/C22H21Cl2N3O4S2/c1-12-9-15(22(30)31-2)20(32-12)25-17(28)11-26-5-7-27(8-6-26)21(29)19-18(24)14-4-3-13(23)10-16(14)33-19/h3-4,9-10H,5-8,11H2,1-2H3,(H,25,28). The fourth-order valence-electron chi connectivity index (χ4n) is 3.67. The van der Waals surface area contributed by atoms with Crippen molar-refractivity contribution < 1.29 is 19.1 Å². The van der Waals surface area contributed by atoms with E-state index in [-0.39, 0.29) is 18.4 Å². The Bertz CT molecular complexity index is 1230. The summed E-state index contributed by atoms with van der Waals surface area (Å²) < 4.78 is 5.66. The molecule has 1 aromatic carbocycles. The van der Waals surface area contributed by atoms with Gasteiger partial charge in [-0.05, 0) is 25.1 Å². The van der Waals surface area contributed by atoms with Crippen LogP contribution >= 0.6 is 45.9 Å². The summed E-state index contributed by atoms with van der Waals surface area (Å²) in [5.74, 6) is -0.812. The Morgan fingerprint density at radius 2 is 1.82 bits per heavy atom. The third-order valence-electron chi connectivity index (χ3n) is 5.33. The first-order chi connectivity index (χ1) is 15.8. The third-order valence-corrected chi connectivity index (χ3v) is 8.17. The van der Waals surface area contributed by atoms with Crippen LogP contribution in [0.15, 0.2) is 24.3 Å². The van der Waals surface area contributed by atoms with Gasteiger partial charge in [0.25, 0.3) is 5.91 Å². The Balaban J connectivity index is 1.35. The molecule has 2 amide bonds. The Morgan fingerprint density at radius 1 is 1.09 bits per heavy atom. The van der Waals surface area contributed by atoms with Gasteiger partial charge in [0.15, 0.2) is 0 Å². The van der Waals surface area contributed by atoms with E-state index in [1.54, 1.807) is 17.0 Å². The molecule has 1 fully saturated rings. The van der Waals surface area contributed by atoms with Crippen LogP contribution in [0.2, 0.25) is 10.0 Å². The van der Waals surface area contributed by atoms with Gasteiger partial charge in [-0.15, -0.1) is 22.7 Å². The predicted molar refractivity (Wildman–Crippen MR) is 133 cm³/mol. The average molecular weight is 526 g/mol. The highest BCUT2D eigenvalue weighted by atomic mass is 35.5. The molecule has 3 aromatic rings. The van der Waals surface area contributed by atoms with Gasteiger partial charge in [-0.1, -0.05) is 29.3 Å². The van der Waals surface area contributed by atoms with Crippen LogP contribution in [0.4, 0.5) is 5.00 Å². The number of fused-ring (bicyclic) bond motifs is 1. The van der Waals surface area contributed by atoms with Gasteiger partial charge < -0.3 is 15.0 Å². The number of methoxy groups -OCH3 is 1. The second-order valence-corrected chi connectivity index (χ2v) is 10.7. The topological polar surface area (TPSA) is 79.0 Å². The van der Waals surface area contributed by atoms with Crippen molar-refractivity contribution in [3.63, 3.8) is 0 Å². The van der Waals surface area contributed by atoms with E-state index in [1.807, 2.05) is 24.0 Å². The van der Waals surface area contributed by atoms with Gasteiger partial charge in [-0.3, -0.25) is 14.5 Å². The van der Waals surface area contributed by atoms with Gasteiger partial charge >= 0.3 is 5.97 Å². The molecule has 7 nitrogen and oxygen atoms in total. The predicted octanol–water partition coefficient (Wildman–Crippen LogP) is 4.76. The molecule has 11 heteroatoms. The summed E-state index contributed by atoms with van der Waals surface area (Å²) in [7, 11) is 1.31. The Kier molecular flexibility index (Phi) is 7.25. The molecule has 33 heavy (non-hydrogen) atoms. The number of nitrogens with one attached hydrogen (secondary N) is 1. The number of rotatable bonds is 5. The third kappa shape index (κ3) is 5.17. The fraction of sp³-hybridized carbons (Fsp3) is 0.318. The van der Waals surface area contributed by atoms with E-state index in [0.29, 0.717) is 51.7 Å². The largest absolute Gasteiger partial charge is 0.465 e. The van der Waals surface area contributed by atoms with E-state index < -0.39 is 5.97 Å². The van der Waals surface area contributed by atoms with Crippen molar-refractivity contribution >= 4 is 78.7 Å². The maximum atomic E-state index is 13.1. The molecule has 3 heterocycles. The number of piperazine rings is 1. The number of nitrogens with zero attached hydrogens (tertiary/aromatic N) is 2. The number of esters is 1. The number of carbonyl (C=O) groups is 3. The van der Waals surface area contributed by atoms with Crippen LogP contribution in [0.5, 0.6) is 0 Å². The smallest absolute Gasteiger partial charge is 0.340 e. The van der Waals surface area contributed by atoms with E-state index in [9.17, 15) is 14.4 Å². The van der Waals surface area contributed by atoms with Crippen LogP contribution in [-0.2, 0) is 9.53 Å². The summed E-state index contributed by atoms with van der Waals surface area (Å²) in [5, 5.41) is 5.16. The van der Waals surface area contributed by atoms with Crippen LogP contribution in [0.1, 0.15) is 24.9 Å². The number of halogens is 2. The lowest BCUT2D eigenvalue weighted by Crippen LogP contribution is -2.50. The van der Waals surface area contributed by atoms with E-state index >= 15 is 0 Å². The van der Waals surface area contributed by atoms with Crippen LogP contribution < -0.4 is 5.32 Å². The number of anilines is 1. The molecule has 1 N–H and O–H groups in total. The lowest BCUT2D eigenvalue weighted by molar-refractivity contribution is -0.117. The van der Waals surface area contributed by atoms with Crippen molar-refractivity contribution in [2.45, 2.75) is 6.92 Å². The average Bonchev–Trinajstić information content (AvgIpc) is 3.32. The molecule has 174 valence electrons. The number of hydrogen-bond acceptors (Lipinski definition) is 7. The number of thiophene rings is 2. The molecule has 1 aliphatic rings. The lowest BCUT2D eigenvalue weighted by atomic mass is 10.2. The minimum absolute atomic E-state index is 0.113. The van der Waals surface area contributed by atoms with Crippen LogP contribution in [-0.4, -0.2) is 67.4 Å². The van der Waals surface area contributed by atoms with Gasteiger partial charge in [0.1, 0.15) is 9.88 Å². The van der Waals surface area contributed by atoms with Crippen molar-refractivity contribution in [3.8, 4) is 0 Å². The maximum absolute atomic E-state index is 13.1. The highest BCUT2D eigenvalue weighted by Gasteiger charge is 2.27. The highest BCUT2D eigenvalue weighted by Crippen LogP contribution is 2.37. The zero-order chi connectivity index (χ0) is 23.7. The van der Waals surface area contributed by atoms with Crippen LogP contribution in [0, 0.1) is 6.92 Å². The first kappa shape index (κ1) is 24.0. The lowest BCUT2D eigenvalue weighted by Gasteiger charge is -2.34. The van der Waals surface area contributed by atoms with Gasteiger partial charge in [-0.25, -0.2) is 4.79 Å². The molecule has 1 aliphatic heterocycles. The van der Waals surface area contributed by atoms with Gasteiger partial charge in [-0.2, -0.15) is 0 Å². The van der Waals surface area contributed by atoms with E-state index in [0.717, 1.165) is 15.0 Å². The molecule has 1 saturated heterocycles. The molecule has 0 atom stereocenters. The molecule has 2 aromatic heterocycles. The summed E-state index contributed by atoms with van der Waals surface area (Å²) in [6.45, 7) is 4.12. The fourth-order valence-corrected chi connectivity index (χ4v) is 6.34. The van der Waals surface area contributed by atoms with Crippen LogP contribution in [0.25, 0.3) is 10.1 Å². The Hall–Kier alpha value is -2.17. The minimum atomic E-state index is -0.482. The number of hydrogen-bond donors (Lipinski definition) is 1. The van der Waals surface area contributed by atoms with Crippen molar-refractivity contribution in [2.24, 2.45) is 0 Å². The number of amides is 2. The zero-order valence-corrected chi connectivity index (χ0v) is 21.1. The number of carbonyl (C=O) groups excluding carboxylic acids is 3. The Labute approximate surface area is 208 Å². The zero-order valence-electron chi connectivity index (χ0n) is 17.9. The molecular weight excluding hydrogens is 505 g/mol. The number of aryl methyl sites for hydroxylation is 1. The molecule has 0 bridgehead atoms. The summed E-state index contributed by atoms with van der Waals surface area (Å²) in [4.78, 5) is 42.7. The van der Waals surface area contributed by atoms with Crippen molar-refractivity contribution in [1.29, 1.82) is 0 Å². The Morgan fingerprint density at radius 3 is 2.52 bits per heavy atom. The van der Waals surface area contributed by atoms with Gasteiger partial charge in [0.05, 0.1) is 24.2 Å². The molecule has 0 unspecified atom stereocenters. The maximum Gasteiger partial charge on any atom is 0.340 e. The van der Waals surface area contributed by atoms with Gasteiger partial charge in [0, 0.05) is 46.2 Å². The van der Waals surface area contributed by atoms with E-state index in [1.165, 1.54) is 29.8 Å². The van der Waals surface area contributed by atoms with Gasteiger partial charge in [0.2, 0.25) is 5.91 Å². The summed E-state index contributed by atoms with van der Waals surface area (Å²) in [6, 6.07) is 7.09. The summed E-state index contributed by atoms with van der Waals surface area (Å²) in [6.07, 6.45) is 0. The first-order valence-electron chi connectivity index (χ1n) is 10.1. The van der Waals surface area contributed by atoms with Crippen molar-refractivity contribution in [2.75, 3.05) is 45.2 Å². The highest BCUT2D eigenvalue weighted by molar-refractivity contribution is 7.21. The summed E-state index contributed by atoms with van der Waals surface area (Å²) >= 11 is 15.2. The SMILES string of the molecule is COC(=O)c1cc(C)sc1NC(=O)CN1CCN(C(=O)c2sc3cc(Cl)ccc3c2Cl)CC1. The minimum Gasteiger partial charge on any atom is -0.465 e. The van der Waals surface area contributed by atoms with Crippen molar-refractivity contribution in [3.05, 3.63) is 49.6 Å². The quantitative estimate of drug-likeness (QED) is 0.485. The first-order valence-corrected chi connectivity index (χ1v) is 12.5. The molecule has 0 radical (unpaired) electrons. The number of ether oxygens (including phenoxy) is 1. The molecular formula is C22H21Cl2N3O4S2. The monoisotopic (exact) mass is 525 g/mol. The molecule has 0 aliphatic carbocycles. The van der Waals surface area contributed by atoms with E-state index in [2.05, 4.69) is 5.32 Å². The second-order valence-electron chi connectivity index (χ2n) is 7.59. The second kappa shape index (κ2) is 9.99. The van der Waals surface area contributed by atoms with E-state index in [4.69, 9.17) is 27.9 Å². The normalized spacial score (nSPS) is 14.5. The molecule has 0 spiro atoms. The molecule has 4 rings (SSSR count).